The van der Waals surface area contributed by atoms with Gasteiger partial charge in [-0.1, -0.05) is 96.8 Å². The number of aliphatic hydroxyl groups is 1. The van der Waals surface area contributed by atoms with Crippen LogP contribution in [0.2, 0.25) is 0 Å². The maximum absolute atomic E-state index is 10.1. The maximum atomic E-state index is 10.1. The second kappa shape index (κ2) is 16.7. The molecule has 0 aromatic heterocycles. The average molecular weight is 283 g/mol. The predicted molar refractivity (Wildman–Crippen MR) is 86.6 cm³/mol. The van der Waals surface area contributed by atoms with Crippen LogP contribution in [0.15, 0.2) is 0 Å². The molecule has 20 heavy (non-hydrogen) atoms. The van der Waals surface area contributed by atoms with Gasteiger partial charge in [-0.2, -0.15) is 0 Å². The second-order valence-corrected chi connectivity index (χ2v) is 6.02. The van der Waals surface area contributed by atoms with E-state index in [1.807, 2.05) is 0 Å². The summed E-state index contributed by atoms with van der Waals surface area (Å²) in [5.74, 6) is 0. The van der Waals surface area contributed by atoms with Crippen LogP contribution in [-0.4, -0.2) is 17.5 Å². The number of hydrogen-bond acceptors (Lipinski definition) is 2. The van der Waals surface area contributed by atoms with Crippen LogP contribution in [-0.2, 0) is 4.79 Å². The van der Waals surface area contributed by atoms with E-state index in [9.17, 15) is 4.79 Å². The molecule has 0 aliphatic heterocycles. The van der Waals surface area contributed by atoms with Gasteiger partial charge in [0.2, 0.25) is 6.29 Å². The molecule has 0 saturated carbocycles. The average Bonchev–Trinajstić information content (AvgIpc) is 2.47. The van der Waals surface area contributed by atoms with Crippen LogP contribution >= 0.6 is 0 Å². The lowest BCUT2D eigenvalue weighted by atomic mass is 10.0. The van der Waals surface area contributed by atoms with E-state index < -0.39 is 6.10 Å². The van der Waals surface area contributed by atoms with Gasteiger partial charge in [-0.25, -0.2) is 0 Å². The summed E-state index contributed by atoms with van der Waals surface area (Å²) in [4.78, 5) is 10.1. The van der Waals surface area contributed by atoms with Crippen molar-refractivity contribution in [2.24, 2.45) is 0 Å². The summed E-state index contributed by atoms with van der Waals surface area (Å²) < 4.78 is 0. The smallest absolute Gasteiger partial charge is 0.229 e. The zero-order chi connectivity index (χ0) is 14.9. The first-order valence-electron chi connectivity index (χ1n) is 8.87. The third-order valence-electron chi connectivity index (χ3n) is 3.97. The second-order valence-electron chi connectivity index (χ2n) is 6.02. The van der Waals surface area contributed by atoms with E-state index in [4.69, 9.17) is 5.11 Å². The Morgan fingerprint density at radius 3 is 1.40 bits per heavy atom. The largest absolute Gasteiger partial charge is 0.385 e. The van der Waals surface area contributed by atoms with Crippen molar-refractivity contribution in [3.8, 4) is 0 Å². The minimum Gasteiger partial charge on any atom is -0.385 e. The lowest BCUT2D eigenvalue weighted by Gasteiger charge is -2.04. The molecule has 0 fully saturated rings. The minimum absolute atomic E-state index is 0.585. The molecule has 119 valence electrons. The van der Waals surface area contributed by atoms with Crippen LogP contribution in [0.1, 0.15) is 103 Å². The van der Waals surface area contributed by atoms with Gasteiger partial charge in [-0.05, 0) is 6.42 Å². The van der Waals surface area contributed by atoms with E-state index in [1.165, 1.54) is 77.0 Å². The summed E-state index contributed by atoms with van der Waals surface area (Å²) in [5, 5.41) is 9.03. The van der Waals surface area contributed by atoms with Crippen LogP contribution in [0.3, 0.4) is 0 Å². The van der Waals surface area contributed by atoms with Crippen LogP contribution in [0.4, 0.5) is 0 Å². The van der Waals surface area contributed by atoms with Crippen molar-refractivity contribution in [1.29, 1.82) is 0 Å². The molecule has 0 spiro atoms. The third-order valence-corrected chi connectivity index (χ3v) is 3.97. The molecule has 0 aromatic carbocycles. The molecule has 1 radical (unpaired) electrons. The summed E-state index contributed by atoms with van der Waals surface area (Å²) in [7, 11) is 0. The first-order chi connectivity index (χ1) is 9.81. The van der Waals surface area contributed by atoms with Crippen molar-refractivity contribution in [2.45, 2.75) is 109 Å². The Hall–Kier alpha value is -0.370. The molecule has 0 bridgehead atoms. The van der Waals surface area contributed by atoms with E-state index >= 15 is 0 Å². The molecule has 0 aliphatic rings. The summed E-state index contributed by atoms with van der Waals surface area (Å²) in [6.07, 6.45) is 19.9. The van der Waals surface area contributed by atoms with Crippen molar-refractivity contribution >= 4 is 6.29 Å². The van der Waals surface area contributed by atoms with Crippen LogP contribution in [0, 0.1) is 0 Å². The van der Waals surface area contributed by atoms with Crippen molar-refractivity contribution < 1.29 is 9.90 Å². The monoisotopic (exact) mass is 283 g/mol. The van der Waals surface area contributed by atoms with Crippen LogP contribution in [0.5, 0.6) is 0 Å². The zero-order valence-electron chi connectivity index (χ0n) is 13.5. The highest BCUT2D eigenvalue weighted by molar-refractivity contribution is 5.56. The number of aliphatic hydroxyl groups excluding tert-OH is 1. The quantitative estimate of drug-likeness (QED) is 0.389. The van der Waals surface area contributed by atoms with E-state index in [2.05, 4.69) is 6.92 Å². The normalized spacial score (nSPS) is 12.5. The van der Waals surface area contributed by atoms with E-state index in [1.54, 1.807) is 6.29 Å². The van der Waals surface area contributed by atoms with E-state index in [0.717, 1.165) is 12.8 Å². The lowest BCUT2D eigenvalue weighted by Crippen LogP contribution is -2.06. The van der Waals surface area contributed by atoms with Gasteiger partial charge in [0.15, 0.2) is 0 Å². The molecule has 0 amide bonds. The maximum Gasteiger partial charge on any atom is 0.229 e. The standard InChI is InChI=1S/C18H35O2/c1-2-3-4-5-6-7-8-9-10-11-12-13-14-15-16-18(20)17-19/h18,20H,2-16H2,1H3. The Morgan fingerprint density at radius 1 is 0.700 bits per heavy atom. The molecular formula is C18H35O2. The Morgan fingerprint density at radius 2 is 1.05 bits per heavy atom. The Labute approximate surface area is 126 Å². The molecule has 0 heterocycles. The van der Waals surface area contributed by atoms with Gasteiger partial charge < -0.3 is 5.11 Å². The molecule has 0 saturated heterocycles. The fourth-order valence-electron chi connectivity index (χ4n) is 2.59. The zero-order valence-corrected chi connectivity index (χ0v) is 13.5. The molecule has 1 atom stereocenters. The number of rotatable bonds is 16. The van der Waals surface area contributed by atoms with Gasteiger partial charge in [0.05, 0.1) is 0 Å². The molecule has 1 unspecified atom stereocenters. The summed E-state index contributed by atoms with van der Waals surface area (Å²) in [5.41, 5.74) is 0. The van der Waals surface area contributed by atoms with Gasteiger partial charge in [-0.15, -0.1) is 0 Å². The fourth-order valence-corrected chi connectivity index (χ4v) is 2.59. The van der Waals surface area contributed by atoms with Crippen molar-refractivity contribution in [3.05, 3.63) is 0 Å². The number of unbranched alkanes of at least 4 members (excludes halogenated alkanes) is 13. The predicted octanol–water partition coefficient (Wildman–Crippen LogP) is 5.33. The van der Waals surface area contributed by atoms with Crippen molar-refractivity contribution in [1.82, 2.24) is 0 Å². The number of carbonyl (C=O) groups excluding carboxylic acids is 1. The molecule has 1 N–H and O–H groups in total. The third kappa shape index (κ3) is 15.7. The highest BCUT2D eigenvalue weighted by Crippen LogP contribution is 2.13. The van der Waals surface area contributed by atoms with Gasteiger partial charge in [0.25, 0.3) is 0 Å². The summed E-state index contributed by atoms with van der Waals surface area (Å²) in [6.45, 7) is 2.27. The highest BCUT2D eigenvalue weighted by Gasteiger charge is 2.01. The number of hydrogen-bond donors (Lipinski definition) is 1. The van der Waals surface area contributed by atoms with Crippen molar-refractivity contribution in [3.63, 3.8) is 0 Å². The molecule has 0 aliphatic carbocycles. The topological polar surface area (TPSA) is 37.3 Å². The molecule has 2 heteroatoms. The Bertz CT molecular complexity index is 192. The first kappa shape index (κ1) is 19.6. The fraction of sp³-hybridized carbons (Fsp3) is 0.944. The Balaban J connectivity index is 2.97. The van der Waals surface area contributed by atoms with Crippen LogP contribution < -0.4 is 0 Å². The van der Waals surface area contributed by atoms with E-state index in [0.29, 0.717) is 6.42 Å². The van der Waals surface area contributed by atoms with Gasteiger partial charge in [-0.3, -0.25) is 4.79 Å². The molecular weight excluding hydrogens is 248 g/mol. The first-order valence-corrected chi connectivity index (χ1v) is 8.87. The SMILES string of the molecule is CCCCCCCCCCCCCCCCC(O)[C]=O. The summed E-state index contributed by atoms with van der Waals surface area (Å²) >= 11 is 0. The van der Waals surface area contributed by atoms with Crippen molar-refractivity contribution in [2.75, 3.05) is 0 Å². The summed E-state index contributed by atoms with van der Waals surface area (Å²) in [6, 6.07) is 0. The highest BCUT2D eigenvalue weighted by atomic mass is 16.3. The van der Waals surface area contributed by atoms with Gasteiger partial charge in [0, 0.05) is 0 Å². The van der Waals surface area contributed by atoms with Gasteiger partial charge >= 0.3 is 0 Å². The van der Waals surface area contributed by atoms with E-state index in [-0.39, 0.29) is 0 Å². The molecule has 0 aromatic rings. The molecule has 2 nitrogen and oxygen atoms in total. The van der Waals surface area contributed by atoms with Crippen LogP contribution in [0.25, 0.3) is 0 Å². The minimum atomic E-state index is -0.854. The lowest BCUT2D eigenvalue weighted by molar-refractivity contribution is 0.219. The Kier molecular flexibility index (Phi) is 16.4. The van der Waals surface area contributed by atoms with Gasteiger partial charge in [0.1, 0.15) is 6.10 Å². The molecule has 0 rings (SSSR count).